The van der Waals surface area contributed by atoms with Gasteiger partial charge in [-0.15, -0.1) is 0 Å². The van der Waals surface area contributed by atoms with Crippen molar-refractivity contribution in [1.82, 2.24) is 4.90 Å². The molecule has 1 aliphatic rings. The van der Waals surface area contributed by atoms with Crippen LogP contribution in [0.5, 0.6) is 5.75 Å². The summed E-state index contributed by atoms with van der Waals surface area (Å²) >= 11 is 0. The van der Waals surface area contributed by atoms with Gasteiger partial charge < -0.3 is 15.0 Å². The maximum absolute atomic E-state index is 14.4. The fourth-order valence-corrected chi connectivity index (χ4v) is 4.56. The molecular formula is C28H22F2N2O3. The SMILES string of the molecule is CCOc1ccc2ccccc2c1C(=O)N1CC(=O)Nc2ccc(F)cc2[C@H]1c1ccc(F)cc1. The smallest absolute Gasteiger partial charge is 0.259 e. The third kappa shape index (κ3) is 4.21. The monoisotopic (exact) mass is 472 g/mol. The van der Waals surface area contributed by atoms with Crippen molar-refractivity contribution >= 4 is 28.3 Å². The van der Waals surface area contributed by atoms with E-state index in [0.717, 1.165) is 5.39 Å². The number of fused-ring (bicyclic) bond motifs is 2. The number of anilines is 1. The molecule has 1 atom stereocenters. The number of amides is 2. The van der Waals surface area contributed by atoms with Crippen molar-refractivity contribution in [3.8, 4) is 5.75 Å². The van der Waals surface area contributed by atoms with Gasteiger partial charge in [-0.3, -0.25) is 9.59 Å². The highest BCUT2D eigenvalue weighted by molar-refractivity contribution is 6.11. The molecule has 0 aliphatic carbocycles. The summed E-state index contributed by atoms with van der Waals surface area (Å²) in [7, 11) is 0. The van der Waals surface area contributed by atoms with E-state index in [0.29, 0.717) is 40.1 Å². The second-order valence-corrected chi connectivity index (χ2v) is 8.26. The van der Waals surface area contributed by atoms with Gasteiger partial charge in [0, 0.05) is 11.3 Å². The van der Waals surface area contributed by atoms with Crippen LogP contribution in [0.4, 0.5) is 14.5 Å². The van der Waals surface area contributed by atoms with E-state index >= 15 is 0 Å². The molecule has 0 radical (unpaired) electrons. The lowest BCUT2D eigenvalue weighted by Gasteiger charge is -2.31. The summed E-state index contributed by atoms with van der Waals surface area (Å²) in [6.07, 6.45) is 0. The first-order valence-electron chi connectivity index (χ1n) is 11.3. The summed E-state index contributed by atoms with van der Waals surface area (Å²) in [4.78, 5) is 28.5. The van der Waals surface area contributed by atoms with Crippen LogP contribution in [0.2, 0.25) is 0 Å². The number of ether oxygens (including phenoxy) is 1. The van der Waals surface area contributed by atoms with Crippen molar-refractivity contribution < 1.29 is 23.1 Å². The van der Waals surface area contributed by atoms with Crippen molar-refractivity contribution in [2.45, 2.75) is 13.0 Å². The lowest BCUT2D eigenvalue weighted by molar-refractivity contribution is -0.117. The first-order valence-corrected chi connectivity index (χ1v) is 11.3. The van der Waals surface area contributed by atoms with Gasteiger partial charge >= 0.3 is 0 Å². The molecule has 5 rings (SSSR count). The van der Waals surface area contributed by atoms with E-state index in [-0.39, 0.29) is 6.54 Å². The second-order valence-electron chi connectivity index (χ2n) is 8.26. The zero-order valence-electron chi connectivity index (χ0n) is 18.9. The highest BCUT2D eigenvalue weighted by Gasteiger charge is 2.36. The highest BCUT2D eigenvalue weighted by Crippen LogP contribution is 2.39. The van der Waals surface area contributed by atoms with Crippen LogP contribution in [0.15, 0.2) is 78.9 Å². The Labute approximate surface area is 200 Å². The fraction of sp³-hybridized carbons (Fsp3) is 0.143. The normalized spacial score (nSPS) is 15.3. The second kappa shape index (κ2) is 9.18. The molecule has 0 unspecified atom stereocenters. The predicted octanol–water partition coefficient (Wildman–Crippen LogP) is 5.70. The molecule has 0 spiro atoms. The van der Waals surface area contributed by atoms with E-state index in [2.05, 4.69) is 5.32 Å². The molecule has 4 aromatic carbocycles. The van der Waals surface area contributed by atoms with Gasteiger partial charge in [-0.2, -0.15) is 0 Å². The van der Waals surface area contributed by atoms with Gasteiger partial charge in [0.2, 0.25) is 5.91 Å². The number of carbonyl (C=O) groups is 2. The van der Waals surface area contributed by atoms with Gasteiger partial charge in [0.15, 0.2) is 0 Å². The highest BCUT2D eigenvalue weighted by atomic mass is 19.1. The van der Waals surface area contributed by atoms with E-state index in [4.69, 9.17) is 4.74 Å². The Morgan fingerprint density at radius 2 is 1.74 bits per heavy atom. The van der Waals surface area contributed by atoms with Crippen LogP contribution in [0.3, 0.4) is 0 Å². The first kappa shape index (κ1) is 22.5. The van der Waals surface area contributed by atoms with E-state index in [1.807, 2.05) is 37.3 Å². The van der Waals surface area contributed by atoms with Gasteiger partial charge in [0.25, 0.3) is 5.91 Å². The predicted molar refractivity (Wildman–Crippen MR) is 129 cm³/mol. The van der Waals surface area contributed by atoms with E-state index in [1.54, 1.807) is 6.07 Å². The standard InChI is InChI=1S/C28H22F2N2O3/c1-2-35-24-14-9-17-5-3-4-6-21(17)26(24)28(34)32-16-25(33)31-23-13-12-20(30)15-22(23)27(32)18-7-10-19(29)11-8-18/h3-15,27H,2,16H2,1H3,(H,31,33)/t27-/m1/s1. The van der Waals surface area contributed by atoms with Crippen molar-refractivity contribution in [3.63, 3.8) is 0 Å². The van der Waals surface area contributed by atoms with Gasteiger partial charge in [0.05, 0.1) is 18.2 Å². The molecule has 2 amide bonds. The molecule has 0 saturated carbocycles. The Bertz CT molecular complexity index is 1440. The molecule has 4 aromatic rings. The molecule has 1 aliphatic heterocycles. The Hall–Kier alpha value is -4.26. The van der Waals surface area contributed by atoms with E-state index < -0.39 is 29.5 Å². The van der Waals surface area contributed by atoms with Gasteiger partial charge in [0.1, 0.15) is 23.9 Å². The Kier molecular flexibility index (Phi) is 5.91. The van der Waals surface area contributed by atoms with Crippen LogP contribution in [-0.2, 0) is 4.79 Å². The number of carbonyl (C=O) groups excluding carboxylic acids is 2. The minimum Gasteiger partial charge on any atom is -0.493 e. The quantitative estimate of drug-likeness (QED) is 0.415. The summed E-state index contributed by atoms with van der Waals surface area (Å²) in [5.41, 5.74) is 1.64. The molecule has 176 valence electrons. The van der Waals surface area contributed by atoms with Crippen molar-refractivity contribution in [2.75, 3.05) is 18.5 Å². The summed E-state index contributed by atoms with van der Waals surface area (Å²) in [6.45, 7) is 1.88. The number of halogens is 2. The average molecular weight is 472 g/mol. The summed E-state index contributed by atoms with van der Waals surface area (Å²) in [5.74, 6) is -1.44. The van der Waals surface area contributed by atoms with Crippen LogP contribution in [0.25, 0.3) is 10.8 Å². The summed E-state index contributed by atoms with van der Waals surface area (Å²) in [6, 6.07) is 19.8. The van der Waals surface area contributed by atoms with Crippen LogP contribution >= 0.6 is 0 Å². The molecule has 35 heavy (non-hydrogen) atoms. The summed E-state index contributed by atoms with van der Waals surface area (Å²) in [5, 5.41) is 4.28. The lowest BCUT2D eigenvalue weighted by Crippen LogP contribution is -2.39. The third-order valence-corrected chi connectivity index (χ3v) is 6.06. The molecule has 1 heterocycles. The molecule has 1 N–H and O–H groups in total. The molecule has 0 fully saturated rings. The molecule has 0 saturated heterocycles. The molecule has 5 nitrogen and oxygen atoms in total. The topological polar surface area (TPSA) is 58.6 Å². The minimum absolute atomic E-state index is 0.286. The third-order valence-electron chi connectivity index (χ3n) is 6.06. The number of benzene rings is 4. The zero-order chi connectivity index (χ0) is 24.5. The van der Waals surface area contributed by atoms with Crippen LogP contribution in [0.1, 0.15) is 34.5 Å². The van der Waals surface area contributed by atoms with Crippen LogP contribution in [0, 0.1) is 11.6 Å². The van der Waals surface area contributed by atoms with E-state index in [1.165, 1.54) is 47.4 Å². The van der Waals surface area contributed by atoms with Crippen LogP contribution in [-0.4, -0.2) is 29.9 Å². The lowest BCUT2D eigenvalue weighted by atomic mass is 9.94. The summed E-state index contributed by atoms with van der Waals surface area (Å²) < 4.78 is 34.0. The van der Waals surface area contributed by atoms with Gasteiger partial charge in [-0.25, -0.2) is 8.78 Å². The minimum atomic E-state index is -0.846. The number of rotatable bonds is 4. The molecule has 0 aromatic heterocycles. The molecule has 0 bridgehead atoms. The number of hydrogen-bond donors (Lipinski definition) is 1. The Morgan fingerprint density at radius 1 is 1.00 bits per heavy atom. The maximum atomic E-state index is 14.4. The zero-order valence-corrected chi connectivity index (χ0v) is 18.9. The van der Waals surface area contributed by atoms with Crippen molar-refractivity contribution in [1.29, 1.82) is 0 Å². The molecule has 7 heteroatoms. The van der Waals surface area contributed by atoms with Gasteiger partial charge in [-0.05, 0) is 59.7 Å². The maximum Gasteiger partial charge on any atom is 0.259 e. The van der Waals surface area contributed by atoms with Crippen LogP contribution < -0.4 is 10.1 Å². The number of nitrogens with zero attached hydrogens (tertiary/aromatic N) is 1. The first-order chi connectivity index (χ1) is 17.0. The fourth-order valence-electron chi connectivity index (χ4n) is 4.56. The Morgan fingerprint density at radius 3 is 2.51 bits per heavy atom. The number of nitrogens with one attached hydrogen (secondary N) is 1. The average Bonchev–Trinajstić information content (AvgIpc) is 3.00. The van der Waals surface area contributed by atoms with Crippen molar-refractivity contribution in [2.24, 2.45) is 0 Å². The van der Waals surface area contributed by atoms with Crippen molar-refractivity contribution in [3.05, 3.63) is 107 Å². The Balaban J connectivity index is 1.74. The molecular weight excluding hydrogens is 450 g/mol. The van der Waals surface area contributed by atoms with Gasteiger partial charge in [-0.1, -0.05) is 42.5 Å². The largest absolute Gasteiger partial charge is 0.493 e. The number of hydrogen-bond acceptors (Lipinski definition) is 3. The van der Waals surface area contributed by atoms with E-state index in [9.17, 15) is 18.4 Å².